The molecule has 0 fully saturated rings. The summed E-state index contributed by atoms with van der Waals surface area (Å²) in [5.41, 5.74) is 6.23. The number of benzene rings is 2. The van der Waals surface area contributed by atoms with Gasteiger partial charge in [0, 0.05) is 6.07 Å². The molecule has 0 heterocycles. The van der Waals surface area contributed by atoms with Gasteiger partial charge in [-0.25, -0.2) is 4.39 Å². The standard InChI is InChI=1S/C14H12Cl2FNO/c15-12-2-1-3-13(14(12)16)19-11-7-9(4-5-18)6-10(17)8-11/h1-3,6-8H,4-5,18H2. The maximum atomic E-state index is 13.5. The molecule has 0 unspecified atom stereocenters. The monoisotopic (exact) mass is 299 g/mol. The molecule has 0 amide bonds. The third-order valence-electron chi connectivity index (χ3n) is 2.51. The molecule has 0 spiro atoms. The van der Waals surface area contributed by atoms with E-state index in [2.05, 4.69) is 0 Å². The first-order valence-corrected chi connectivity index (χ1v) is 6.47. The average molecular weight is 300 g/mol. The minimum atomic E-state index is -0.376. The average Bonchev–Trinajstić information content (AvgIpc) is 2.35. The Labute approximate surface area is 120 Å². The summed E-state index contributed by atoms with van der Waals surface area (Å²) in [4.78, 5) is 0. The van der Waals surface area contributed by atoms with Gasteiger partial charge < -0.3 is 10.5 Å². The second-order valence-corrected chi connectivity index (χ2v) is 4.77. The van der Waals surface area contributed by atoms with Gasteiger partial charge in [-0.1, -0.05) is 29.3 Å². The summed E-state index contributed by atoms with van der Waals surface area (Å²) in [7, 11) is 0. The molecule has 0 radical (unpaired) electrons. The number of hydrogen-bond donors (Lipinski definition) is 1. The maximum absolute atomic E-state index is 13.5. The highest BCUT2D eigenvalue weighted by Crippen LogP contribution is 2.35. The van der Waals surface area contributed by atoms with Gasteiger partial charge in [-0.3, -0.25) is 0 Å². The lowest BCUT2D eigenvalue weighted by Gasteiger charge is -2.10. The first-order chi connectivity index (χ1) is 9.10. The van der Waals surface area contributed by atoms with Crippen LogP contribution < -0.4 is 10.5 Å². The van der Waals surface area contributed by atoms with Crippen LogP contribution in [0.25, 0.3) is 0 Å². The number of hydrogen-bond acceptors (Lipinski definition) is 2. The van der Waals surface area contributed by atoms with Crippen LogP contribution in [0.2, 0.25) is 10.0 Å². The van der Waals surface area contributed by atoms with Crippen molar-refractivity contribution in [1.82, 2.24) is 0 Å². The summed E-state index contributed by atoms with van der Waals surface area (Å²) in [6.07, 6.45) is 0.581. The van der Waals surface area contributed by atoms with Crippen molar-refractivity contribution in [3.63, 3.8) is 0 Å². The molecule has 0 bridgehead atoms. The van der Waals surface area contributed by atoms with Crippen LogP contribution >= 0.6 is 23.2 Å². The normalized spacial score (nSPS) is 10.5. The third-order valence-corrected chi connectivity index (χ3v) is 3.31. The highest BCUT2D eigenvalue weighted by molar-refractivity contribution is 6.42. The molecule has 19 heavy (non-hydrogen) atoms. The van der Waals surface area contributed by atoms with Gasteiger partial charge in [0.05, 0.1) is 5.02 Å². The summed E-state index contributed by atoms with van der Waals surface area (Å²) in [5.74, 6) is 0.380. The molecule has 0 saturated carbocycles. The van der Waals surface area contributed by atoms with Gasteiger partial charge in [0.15, 0.2) is 0 Å². The lowest BCUT2D eigenvalue weighted by Crippen LogP contribution is -2.03. The minimum Gasteiger partial charge on any atom is -0.456 e. The number of nitrogens with two attached hydrogens (primary N) is 1. The fourth-order valence-corrected chi connectivity index (χ4v) is 2.01. The zero-order chi connectivity index (χ0) is 13.8. The molecule has 5 heteroatoms. The van der Waals surface area contributed by atoms with E-state index in [0.29, 0.717) is 34.5 Å². The third kappa shape index (κ3) is 3.60. The Balaban J connectivity index is 2.30. The van der Waals surface area contributed by atoms with E-state index < -0.39 is 0 Å². The predicted octanol–water partition coefficient (Wildman–Crippen LogP) is 4.43. The van der Waals surface area contributed by atoms with Crippen molar-refractivity contribution in [3.05, 3.63) is 57.8 Å². The van der Waals surface area contributed by atoms with Crippen molar-refractivity contribution < 1.29 is 9.13 Å². The zero-order valence-electron chi connectivity index (χ0n) is 10.00. The predicted molar refractivity (Wildman–Crippen MR) is 75.7 cm³/mol. The van der Waals surface area contributed by atoms with Crippen molar-refractivity contribution >= 4 is 23.2 Å². The lowest BCUT2D eigenvalue weighted by molar-refractivity contribution is 0.476. The van der Waals surface area contributed by atoms with E-state index in [4.69, 9.17) is 33.7 Å². The summed E-state index contributed by atoms with van der Waals surface area (Å²) in [6, 6.07) is 9.48. The van der Waals surface area contributed by atoms with E-state index in [9.17, 15) is 4.39 Å². The van der Waals surface area contributed by atoms with Crippen LogP contribution in [0, 0.1) is 5.82 Å². The van der Waals surface area contributed by atoms with Crippen molar-refractivity contribution in [2.24, 2.45) is 5.73 Å². The highest BCUT2D eigenvalue weighted by Gasteiger charge is 2.08. The molecule has 0 saturated heterocycles. The van der Waals surface area contributed by atoms with E-state index in [-0.39, 0.29) is 5.82 Å². The first kappa shape index (κ1) is 14.1. The summed E-state index contributed by atoms with van der Waals surface area (Å²) >= 11 is 11.9. The second-order valence-electron chi connectivity index (χ2n) is 3.99. The molecule has 2 aromatic rings. The summed E-state index contributed by atoms with van der Waals surface area (Å²) in [6.45, 7) is 0.445. The molecule has 2 aromatic carbocycles. The Kier molecular flexibility index (Phi) is 4.64. The second kappa shape index (κ2) is 6.24. The molecular weight excluding hydrogens is 288 g/mol. The van der Waals surface area contributed by atoms with Gasteiger partial charge in [-0.05, 0) is 42.8 Å². The fourth-order valence-electron chi connectivity index (χ4n) is 1.68. The summed E-state index contributed by atoms with van der Waals surface area (Å²) < 4.78 is 19.0. The molecule has 2 N–H and O–H groups in total. The van der Waals surface area contributed by atoms with E-state index in [1.807, 2.05) is 0 Å². The maximum Gasteiger partial charge on any atom is 0.147 e. The molecule has 100 valence electrons. The van der Waals surface area contributed by atoms with Gasteiger partial charge in [0.2, 0.25) is 0 Å². The Morgan fingerprint density at radius 1 is 1.16 bits per heavy atom. The van der Waals surface area contributed by atoms with Crippen LogP contribution in [-0.4, -0.2) is 6.54 Å². The Morgan fingerprint density at radius 2 is 1.95 bits per heavy atom. The van der Waals surface area contributed by atoms with Gasteiger partial charge >= 0.3 is 0 Å². The van der Waals surface area contributed by atoms with Gasteiger partial charge in [-0.15, -0.1) is 0 Å². The highest BCUT2D eigenvalue weighted by atomic mass is 35.5. The van der Waals surface area contributed by atoms with E-state index in [1.54, 1.807) is 24.3 Å². The van der Waals surface area contributed by atoms with Crippen molar-refractivity contribution in [1.29, 1.82) is 0 Å². The SMILES string of the molecule is NCCc1cc(F)cc(Oc2cccc(Cl)c2Cl)c1. The van der Waals surface area contributed by atoms with Crippen LogP contribution in [0.1, 0.15) is 5.56 Å². The van der Waals surface area contributed by atoms with Crippen LogP contribution in [0.5, 0.6) is 11.5 Å². The van der Waals surface area contributed by atoms with E-state index in [1.165, 1.54) is 12.1 Å². The van der Waals surface area contributed by atoms with Gasteiger partial charge in [0.1, 0.15) is 22.3 Å². The molecule has 0 aliphatic carbocycles. The minimum absolute atomic E-state index is 0.300. The van der Waals surface area contributed by atoms with Crippen molar-refractivity contribution in [3.8, 4) is 11.5 Å². The topological polar surface area (TPSA) is 35.2 Å². The Hall–Kier alpha value is -1.29. The molecule has 2 rings (SSSR count). The molecule has 2 nitrogen and oxygen atoms in total. The number of rotatable bonds is 4. The van der Waals surface area contributed by atoms with Crippen molar-refractivity contribution in [2.75, 3.05) is 6.54 Å². The molecular formula is C14H12Cl2FNO. The van der Waals surface area contributed by atoms with Crippen LogP contribution in [-0.2, 0) is 6.42 Å². The van der Waals surface area contributed by atoms with Gasteiger partial charge in [0.25, 0.3) is 0 Å². The Morgan fingerprint density at radius 3 is 2.68 bits per heavy atom. The molecule has 0 aromatic heterocycles. The zero-order valence-corrected chi connectivity index (χ0v) is 11.5. The molecule has 0 aliphatic heterocycles. The molecule has 0 atom stereocenters. The van der Waals surface area contributed by atoms with E-state index in [0.717, 1.165) is 5.56 Å². The Bertz CT molecular complexity index is 590. The lowest BCUT2D eigenvalue weighted by atomic mass is 10.1. The molecule has 0 aliphatic rings. The quantitative estimate of drug-likeness (QED) is 0.906. The van der Waals surface area contributed by atoms with E-state index >= 15 is 0 Å². The largest absolute Gasteiger partial charge is 0.456 e. The summed E-state index contributed by atoms with van der Waals surface area (Å²) in [5, 5.41) is 0.687. The van der Waals surface area contributed by atoms with Crippen LogP contribution in [0.4, 0.5) is 4.39 Å². The number of ether oxygens (including phenoxy) is 1. The number of halogens is 3. The smallest absolute Gasteiger partial charge is 0.147 e. The van der Waals surface area contributed by atoms with Gasteiger partial charge in [-0.2, -0.15) is 0 Å². The fraction of sp³-hybridized carbons (Fsp3) is 0.143. The van der Waals surface area contributed by atoms with Crippen LogP contribution in [0.15, 0.2) is 36.4 Å². The van der Waals surface area contributed by atoms with Crippen molar-refractivity contribution in [2.45, 2.75) is 6.42 Å². The first-order valence-electron chi connectivity index (χ1n) is 5.71. The van der Waals surface area contributed by atoms with Crippen LogP contribution in [0.3, 0.4) is 0 Å².